The first kappa shape index (κ1) is 24.9. The number of nitrogens with zero attached hydrogens (tertiary/aromatic N) is 4. The molecular weight excluding hydrogens is 495 g/mol. The highest BCUT2D eigenvalue weighted by Gasteiger charge is 2.16. The number of hydrogen-bond acceptors (Lipinski definition) is 6. The van der Waals surface area contributed by atoms with Gasteiger partial charge in [0.05, 0.1) is 24.9 Å². The summed E-state index contributed by atoms with van der Waals surface area (Å²) in [5.41, 5.74) is 3.66. The summed E-state index contributed by atoms with van der Waals surface area (Å²) in [5.74, 6) is 0.187. The zero-order chi connectivity index (χ0) is 25.9. The lowest BCUT2D eigenvalue weighted by Gasteiger charge is -2.26. The fourth-order valence-electron chi connectivity index (χ4n) is 4.31. The van der Waals surface area contributed by atoms with Gasteiger partial charge in [-0.2, -0.15) is 4.98 Å². The van der Waals surface area contributed by atoms with Gasteiger partial charge in [0, 0.05) is 48.2 Å². The van der Waals surface area contributed by atoms with E-state index in [0.29, 0.717) is 47.5 Å². The summed E-state index contributed by atoms with van der Waals surface area (Å²) in [5, 5.41) is 7.15. The average molecular weight is 521 g/mol. The summed E-state index contributed by atoms with van der Waals surface area (Å²) in [7, 11) is 0. The molecule has 0 bridgehead atoms. The van der Waals surface area contributed by atoms with Gasteiger partial charge in [-0.15, -0.1) is 0 Å². The van der Waals surface area contributed by atoms with Crippen LogP contribution < -0.4 is 10.6 Å². The Morgan fingerprint density at radius 2 is 2.00 bits per heavy atom. The molecule has 0 saturated carbocycles. The van der Waals surface area contributed by atoms with Crippen LogP contribution in [-0.4, -0.2) is 51.6 Å². The van der Waals surface area contributed by atoms with Gasteiger partial charge in [0.15, 0.2) is 5.82 Å². The molecule has 10 heteroatoms. The summed E-state index contributed by atoms with van der Waals surface area (Å²) in [4.78, 5) is 22.7. The maximum absolute atomic E-state index is 14.8. The first-order valence-electron chi connectivity index (χ1n) is 11.8. The minimum absolute atomic E-state index is 0.281. The third-order valence-electron chi connectivity index (χ3n) is 6.22. The van der Waals surface area contributed by atoms with Crippen LogP contribution in [0.4, 0.5) is 21.7 Å². The number of anilines is 3. The highest BCUT2D eigenvalue weighted by molar-refractivity contribution is 6.32. The van der Waals surface area contributed by atoms with E-state index >= 15 is 0 Å². The molecule has 1 amide bonds. The molecule has 2 N–H and O–H groups in total. The lowest BCUT2D eigenvalue weighted by Crippen LogP contribution is -2.35. The first-order valence-corrected chi connectivity index (χ1v) is 12.2. The molecule has 2 aromatic carbocycles. The molecule has 5 rings (SSSR count). The first-order chi connectivity index (χ1) is 17.9. The number of aromatic nitrogens is 3. The molecule has 1 fully saturated rings. The number of carbonyl (C=O) groups is 1. The largest absolute Gasteiger partial charge is 0.379 e. The van der Waals surface area contributed by atoms with Gasteiger partial charge in [0.25, 0.3) is 0 Å². The van der Waals surface area contributed by atoms with Crippen LogP contribution in [0.15, 0.2) is 61.4 Å². The van der Waals surface area contributed by atoms with Crippen LogP contribution in [0.5, 0.6) is 0 Å². The molecule has 0 spiro atoms. The van der Waals surface area contributed by atoms with Crippen molar-refractivity contribution < 1.29 is 13.9 Å². The second kappa shape index (κ2) is 10.7. The Morgan fingerprint density at radius 1 is 1.22 bits per heavy atom. The van der Waals surface area contributed by atoms with Crippen molar-refractivity contribution in [1.82, 2.24) is 19.4 Å². The van der Waals surface area contributed by atoms with Crippen LogP contribution in [0.3, 0.4) is 0 Å². The highest BCUT2D eigenvalue weighted by atomic mass is 35.5. The van der Waals surface area contributed by atoms with Crippen molar-refractivity contribution >= 4 is 45.7 Å². The van der Waals surface area contributed by atoms with E-state index in [9.17, 15) is 9.18 Å². The van der Waals surface area contributed by atoms with E-state index in [1.807, 2.05) is 35.9 Å². The summed E-state index contributed by atoms with van der Waals surface area (Å²) in [6.07, 6.45) is 4.65. The molecular formula is C27H26ClFN6O2. The number of benzene rings is 2. The van der Waals surface area contributed by atoms with E-state index in [1.165, 1.54) is 18.3 Å². The smallest absolute Gasteiger partial charge is 0.247 e. The predicted octanol–water partition coefficient (Wildman–Crippen LogP) is 5.22. The second-order valence-electron chi connectivity index (χ2n) is 8.79. The number of halogens is 2. The number of carbonyl (C=O) groups excluding carboxylic acids is 1. The molecule has 1 saturated heterocycles. The maximum atomic E-state index is 14.8. The Kier molecular flexibility index (Phi) is 7.18. The average Bonchev–Trinajstić information content (AvgIpc) is 3.23. The van der Waals surface area contributed by atoms with E-state index in [0.717, 1.165) is 29.6 Å². The van der Waals surface area contributed by atoms with Crippen molar-refractivity contribution in [2.45, 2.75) is 13.5 Å². The SMILES string of the molecule is C=CC(=O)Nc1ccc2c(c1)c(C)cn2-c1nc(Nc2ccc(CN3CCOCC3)c(F)c2)ncc1Cl. The van der Waals surface area contributed by atoms with Gasteiger partial charge >= 0.3 is 0 Å². The number of hydrogen-bond donors (Lipinski definition) is 2. The number of amides is 1. The van der Waals surface area contributed by atoms with Gasteiger partial charge in [0.1, 0.15) is 10.8 Å². The van der Waals surface area contributed by atoms with Crippen LogP contribution in [0, 0.1) is 12.7 Å². The van der Waals surface area contributed by atoms with Crippen LogP contribution in [0.1, 0.15) is 11.1 Å². The van der Waals surface area contributed by atoms with E-state index in [-0.39, 0.29) is 17.7 Å². The monoisotopic (exact) mass is 520 g/mol. The van der Waals surface area contributed by atoms with Crippen molar-refractivity contribution in [3.8, 4) is 5.82 Å². The number of nitrogens with one attached hydrogen (secondary N) is 2. The van der Waals surface area contributed by atoms with Crippen molar-refractivity contribution in [2.24, 2.45) is 0 Å². The van der Waals surface area contributed by atoms with Crippen LogP contribution in [-0.2, 0) is 16.1 Å². The normalized spacial score (nSPS) is 14.0. The summed E-state index contributed by atoms with van der Waals surface area (Å²) < 4.78 is 22.1. The topological polar surface area (TPSA) is 84.3 Å². The lowest BCUT2D eigenvalue weighted by molar-refractivity contribution is -0.111. The van der Waals surface area contributed by atoms with Crippen LogP contribution in [0.25, 0.3) is 16.7 Å². The van der Waals surface area contributed by atoms with Crippen molar-refractivity contribution in [3.05, 3.63) is 83.4 Å². The molecule has 37 heavy (non-hydrogen) atoms. The summed E-state index contributed by atoms with van der Waals surface area (Å²) >= 11 is 6.49. The van der Waals surface area contributed by atoms with Gasteiger partial charge in [-0.05, 0) is 48.9 Å². The van der Waals surface area contributed by atoms with Gasteiger partial charge in [0.2, 0.25) is 11.9 Å². The lowest BCUT2D eigenvalue weighted by atomic mass is 10.1. The van der Waals surface area contributed by atoms with Crippen molar-refractivity contribution in [3.63, 3.8) is 0 Å². The fraction of sp³-hybridized carbons (Fsp3) is 0.222. The molecule has 190 valence electrons. The Morgan fingerprint density at radius 3 is 2.76 bits per heavy atom. The Labute approximate surface area is 218 Å². The molecule has 3 heterocycles. The molecule has 1 aliphatic heterocycles. The zero-order valence-corrected chi connectivity index (χ0v) is 21.1. The molecule has 2 aromatic heterocycles. The van der Waals surface area contributed by atoms with Crippen molar-refractivity contribution in [1.29, 1.82) is 0 Å². The van der Waals surface area contributed by atoms with E-state index in [2.05, 4.69) is 32.1 Å². The minimum atomic E-state index is -0.294. The van der Waals surface area contributed by atoms with E-state index in [4.69, 9.17) is 16.3 Å². The number of morpholine rings is 1. The minimum Gasteiger partial charge on any atom is -0.379 e. The van der Waals surface area contributed by atoms with E-state index < -0.39 is 0 Å². The Balaban J connectivity index is 1.39. The fourth-order valence-corrected chi connectivity index (χ4v) is 4.49. The zero-order valence-electron chi connectivity index (χ0n) is 20.3. The third-order valence-corrected chi connectivity index (χ3v) is 6.48. The molecule has 1 aliphatic rings. The number of fused-ring (bicyclic) bond motifs is 1. The molecule has 0 unspecified atom stereocenters. The molecule has 8 nitrogen and oxygen atoms in total. The van der Waals surface area contributed by atoms with E-state index in [1.54, 1.807) is 12.1 Å². The van der Waals surface area contributed by atoms with Gasteiger partial charge in [-0.3, -0.25) is 14.3 Å². The predicted molar refractivity (Wildman–Crippen MR) is 143 cm³/mol. The van der Waals surface area contributed by atoms with Gasteiger partial charge in [-0.1, -0.05) is 24.2 Å². The van der Waals surface area contributed by atoms with Gasteiger partial charge in [-0.25, -0.2) is 9.37 Å². The molecule has 0 aliphatic carbocycles. The maximum Gasteiger partial charge on any atom is 0.247 e. The Hall–Kier alpha value is -3.79. The number of aryl methyl sites for hydroxylation is 1. The third kappa shape index (κ3) is 5.48. The van der Waals surface area contributed by atoms with Crippen molar-refractivity contribution in [2.75, 3.05) is 36.9 Å². The standard InChI is InChI=1S/C27H26ClFN6O2/c1-3-25(36)31-19-6-7-24-21(12-19)17(2)15-35(24)26-22(28)14-30-27(33-26)32-20-5-4-18(23(29)13-20)16-34-8-10-37-11-9-34/h3-7,12-15H,1,8-11,16H2,2H3,(H,31,36)(H,30,32,33). The second-order valence-corrected chi connectivity index (χ2v) is 9.20. The molecule has 0 atom stereocenters. The van der Waals surface area contributed by atoms with Crippen LogP contribution >= 0.6 is 11.6 Å². The summed E-state index contributed by atoms with van der Waals surface area (Å²) in [6.45, 7) is 8.90. The molecule has 4 aromatic rings. The van der Waals surface area contributed by atoms with Crippen LogP contribution in [0.2, 0.25) is 5.02 Å². The Bertz CT molecular complexity index is 1480. The van der Waals surface area contributed by atoms with Gasteiger partial charge < -0.3 is 15.4 Å². The number of ether oxygens (including phenoxy) is 1. The number of rotatable bonds is 7. The molecule has 0 radical (unpaired) electrons. The quantitative estimate of drug-likeness (QED) is 0.325. The highest BCUT2D eigenvalue weighted by Crippen LogP contribution is 2.30. The summed E-state index contributed by atoms with van der Waals surface area (Å²) in [6, 6.07) is 10.6.